The first-order valence-electron chi connectivity index (χ1n) is 8.36. The van der Waals surface area contributed by atoms with Gasteiger partial charge in [0, 0.05) is 23.5 Å². The molecule has 0 spiro atoms. The minimum absolute atomic E-state index is 0.174. The molecule has 1 aromatic carbocycles. The molecule has 0 aliphatic carbocycles. The van der Waals surface area contributed by atoms with E-state index in [0.717, 1.165) is 22.5 Å². The molecule has 1 aliphatic heterocycles. The molecule has 4 aromatic rings. The Kier molecular flexibility index (Phi) is 3.39. The number of aromatic nitrogens is 4. The Balaban J connectivity index is 1.79. The first-order chi connectivity index (χ1) is 13.3. The van der Waals surface area contributed by atoms with Crippen molar-refractivity contribution < 1.29 is 9.13 Å². The van der Waals surface area contributed by atoms with Gasteiger partial charge in [0.05, 0.1) is 30.3 Å². The van der Waals surface area contributed by atoms with Crippen molar-refractivity contribution in [2.24, 2.45) is 0 Å². The zero-order valence-electron chi connectivity index (χ0n) is 14.3. The van der Waals surface area contributed by atoms with Gasteiger partial charge >= 0.3 is 0 Å². The molecule has 5 rings (SSSR count). The average molecular weight is 359 g/mol. The maximum atomic E-state index is 14.8. The van der Waals surface area contributed by atoms with Gasteiger partial charge in [-0.3, -0.25) is 4.98 Å². The number of fused-ring (bicyclic) bond motifs is 5. The second kappa shape index (κ2) is 5.91. The van der Waals surface area contributed by atoms with Crippen molar-refractivity contribution in [1.29, 1.82) is 0 Å². The number of H-pyrrole nitrogens is 1. The fourth-order valence-electron chi connectivity index (χ4n) is 3.28. The van der Waals surface area contributed by atoms with Crippen LogP contribution in [0.5, 0.6) is 5.75 Å². The van der Waals surface area contributed by atoms with E-state index in [2.05, 4.69) is 20.3 Å². The van der Waals surface area contributed by atoms with Crippen LogP contribution in [-0.4, -0.2) is 27.0 Å². The van der Waals surface area contributed by atoms with E-state index in [1.807, 2.05) is 18.2 Å². The van der Waals surface area contributed by atoms with Gasteiger partial charge in [0.1, 0.15) is 17.3 Å². The first-order valence-corrected chi connectivity index (χ1v) is 8.36. The van der Waals surface area contributed by atoms with E-state index in [-0.39, 0.29) is 5.75 Å². The number of hydrogen-bond acceptors (Lipinski definition) is 5. The fourth-order valence-corrected chi connectivity index (χ4v) is 3.28. The van der Waals surface area contributed by atoms with Crippen LogP contribution in [-0.2, 0) is 0 Å². The lowest BCUT2D eigenvalue weighted by molar-refractivity contribution is 0.387. The molecule has 132 valence electrons. The number of hydrogen-bond donors (Lipinski definition) is 2. The molecule has 0 radical (unpaired) electrons. The van der Waals surface area contributed by atoms with E-state index in [4.69, 9.17) is 9.72 Å². The summed E-state index contributed by atoms with van der Waals surface area (Å²) in [6.45, 7) is 0. The minimum Gasteiger partial charge on any atom is -0.494 e. The third-order valence-corrected chi connectivity index (χ3v) is 4.55. The predicted octanol–water partition coefficient (Wildman–Crippen LogP) is 4.41. The maximum absolute atomic E-state index is 14.8. The van der Waals surface area contributed by atoms with Gasteiger partial charge in [-0.05, 0) is 30.3 Å². The summed E-state index contributed by atoms with van der Waals surface area (Å²) in [6, 6.07) is 10.7. The molecule has 1 aliphatic rings. The highest BCUT2D eigenvalue weighted by Crippen LogP contribution is 2.43. The summed E-state index contributed by atoms with van der Waals surface area (Å²) >= 11 is 0. The monoisotopic (exact) mass is 359 g/mol. The molecule has 3 aromatic heterocycles. The van der Waals surface area contributed by atoms with Crippen LogP contribution in [0.4, 0.5) is 15.9 Å². The van der Waals surface area contributed by atoms with Crippen LogP contribution in [0.25, 0.3) is 33.9 Å². The Hall–Kier alpha value is -3.74. The van der Waals surface area contributed by atoms with E-state index in [1.54, 1.807) is 36.8 Å². The van der Waals surface area contributed by atoms with Crippen LogP contribution < -0.4 is 10.1 Å². The second-order valence-corrected chi connectivity index (χ2v) is 6.08. The van der Waals surface area contributed by atoms with Crippen LogP contribution in [0.3, 0.4) is 0 Å². The number of rotatable bonds is 2. The summed E-state index contributed by atoms with van der Waals surface area (Å²) in [5.74, 6) is 0.821. The lowest BCUT2D eigenvalue weighted by Crippen LogP contribution is -1.96. The number of halogens is 1. The highest BCUT2D eigenvalue weighted by atomic mass is 19.1. The summed E-state index contributed by atoms with van der Waals surface area (Å²) in [4.78, 5) is 16.6. The van der Waals surface area contributed by atoms with Gasteiger partial charge < -0.3 is 15.0 Å². The summed E-state index contributed by atoms with van der Waals surface area (Å²) < 4.78 is 19.9. The zero-order valence-corrected chi connectivity index (χ0v) is 14.3. The molecular weight excluding hydrogens is 345 g/mol. The van der Waals surface area contributed by atoms with Crippen molar-refractivity contribution in [3.8, 4) is 39.7 Å². The number of methoxy groups -OCH3 is 1. The molecule has 0 atom stereocenters. The molecule has 0 saturated carbocycles. The van der Waals surface area contributed by atoms with Gasteiger partial charge in [-0.2, -0.15) is 0 Å². The van der Waals surface area contributed by atoms with Crippen molar-refractivity contribution in [1.82, 2.24) is 19.9 Å². The highest BCUT2D eigenvalue weighted by Gasteiger charge is 2.25. The maximum Gasteiger partial charge on any atom is 0.175 e. The van der Waals surface area contributed by atoms with Crippen molar-refractivity contribution in [2.75, 3.05) is 12.4 Å². The SMILES string of the molecule is COc1cccc(-c2nc3c([nH]2)-c2ccncc2Nc2ncccc2-3)c1F. The van der Waals surface area contributed by atoms with Crippen LogP contribution in [0, 0.1) is 5.82 Å². The van der Waals surface area contributed by atoms with Crippen LogP contribution in [0.2, 0.25) is 0 Å². The number of nitrogens with zero attached hydrogens (tertiary/aromatic N) is 3. The number of ether oxygens (including phenoxy) is 1. The van der Waals surface area contributed by atoms with Crippen molar-refractivity contribution in [2.45, 2.75) is 0 Å². The van der Waals surface area contributed by atoms with E-state index in [1.165, 1.54) is 7.11 Å². The summed E-state index contributed by atoms with van der Waals surface area (Å²) in [5, 5.41) is 3.30. The van der Waals surface area contributed by atoms with Crippen molar-refractivity contribution >= 4 is 11.5 Å². The van der Waals surface area contributed by atoms with Crippen LogP contribution >= 0.6 is 0 Å². The van der Waals surface area contributed by atoms with Gasteiger partial charge in [0.2, 0.25) is 0 Å². The quantitative estimate of drug-likeness (QED) is 0.488. The van der Waals surface area contributed by atoms with Gasteiger partial charge in [0.15, 0.2) is 11.6 Å². The molecule has 0 unspecified atom stereocenters. The number of pyridine rings is 2. The standard InChI is InChI=1S/C20H14FN5O/c1-27-15-6-2-4-12(16(15)21)20-25-17-11-7-9-22-10-14(11)24-19-13(18(17)26-20)5-3-8-23-19/h2-10H,1H3,(H,23,24)(H,25,26). The molecule has 6 nitrogen and oxygen atoms in total. The van der Waals surface area contributed by atoms with Gasteiger partial charge in [0.25, 0.3) is 0 Å². The molecule has 7 heteroatoms. The Morgan fingerprint density at radius 2 is 1.89 bits per heavy atom. The number of nitrogens with one attached hydrogen (secondary N) is 2. The van der Waals surface area contributed by atoms with Gasteiger partial charge in [-0.15, -0.1) is 0 Å². The van der Waals surface area contributed by atoms with Gasteiger partial charge in [-0.1, -0.05) is 6.07 Å². The second-order valence-electron chi connectivity index (χ2n) is 6.08. The highest BCUT2D eigenvalue weighted by molar-refractivity contribution is 5.95. The molecule has 0 fully saturated rings. The third kappa shape index (κ3) is 2.36. The lowest BCUT2D eigenvalue weighted by Gasteiger charge is -2.08. The van der Waals surface area contributed by atoms with Crippen molar-refractivity contribution in [3.05, 3.63) is 60.8 Å². The topological polar surface area (TPSA) is 75.7 Å². The molecule has 27 heavy (non-hydrogen) atoms. The largest absolute Gasteiger partial charge is 0.494 e. The Labute approximate surface area is 154 Å². The molecule has 2 N–H and O–H groups in total. The Bertz CT molecular complexity index is 1110. The summed E-state index contributed by atoms with van der Waals surface area (Å²) in [7, 11) is 1.44. The molecule has 0 amide bonds. The zero-order chi connectivity index (χ0) is 18.4. The lowest BCUT2D eigenvalue weighted by atomic mass is 10.1. The minimum atomic E-state index is -0.455. The molecule has 0 saturated heterocycles. The Morgan fingerprint density at radius 3 is 2.78 bits per heavy atom. The molecule has 0 bridgehead atoms. The first kappa shape index (κ1) is 15.5. The number of benzene rings is 1. The van der Waals surface area contributed by atoms with E-state index < -0.39 is 5.82 Å². The number of anilines is 2. The number of imidazole rings is 1. The van der Waals surface area contributed by atoms with Gasteiger partial charge in [-0.25, -0.2) is 14.4 Å². The predicted molar refractivity (Wildman–Crippen MR) is 100 cm³/mol. The van der Waals surface area contributed by atoms with E-state index in [9.17, 15) is 4.39 Å². The molecule has 4 heterocycles. The van der Waals surface area contributed by atoms with E-state index in [0.29, 0.717) is 22.9 Å². The smallest absolute Gasteiger partial charge is 0.175 e. The number of aromatic amines is 1. The normalized spacial score (nSPS) is 11.6. The summed E-state index contributed by atoms with van der Waals surface area (Å²) in [6.07, 6.45) is 5.15. The Morgan fingerprint density at radius 1 is 1.00 bits per heavy atom. The van der Waals surface area contributed by atoms with Crippen LogP contribution in [0.15, 0.2) is 55.0 Å². The molecular formula is C20H14FN5O. The van der Waals surface area contributed by atoms with Crippen molar-refractivity contribution in [3.63, 3.8) is 0 Å². The third-order valence-electron chi connectivity index (χ3n) is 4.55. The summed E-state index contributed by atoms with van der Waals surface area (Å²) in [5.41, 5.74) is 4.35. The fraction of sp³-hybridized carbons (Fsp3) is 0.0500. The van der Waals surface area contributed by atoms with Crippen LogP contribution in [0.1, 0.15) is 0 Å². The van der Waals surface area contributed by atoms with E-state index >= 15 is 0 Å². The average Bonchev–Trinajstić information content (AvgIpc) is 3.08.